The normalized spacial score (nSPS) is 18.4. The molecular weight excluding hydrogens is 114 g/mol. The molecule has 1 aliphatic carbocycles. The highest BCUT2D eigenvalue weighted by atomic mass is 16.1. The highest BCUT2D eigenvalue weighted by molar-refractivity contribution is 6.02. The van der Waals surface area contributed by atoms with Crippen molar-refractivity contribution in [3.05, 3.63) is 11.1 Å². The van der Waals surface area contributed by atoms with Gasteiger partial charge in [-0.2, -0.15) is 5.26 Å². The Bertz CT molecular complexity index is 220. The first-order chi connectivity index (χ1) is 4.25. The average molecular weight is 121 g/mol. The third-order valence-electron chi connectivity index (χ3n) is 1.54. The standard InChI is InChI=1S/C7H7NO/c1-5-2-3-7(9)6(5)4-8/h2-3H2,1H3. The second kappa shape index (κ2) is 2.02. The number of carbonyl (C=O) groups is 1. The van der Waals surface area contributed by atoms with Crippen molar-refractivity contribution in [2.24, 2.45) is 0 Å². The van der Waals surface area contributed by atoms with E-state index in [-0.39, 0.29) is 5.78 Å². The van der Waals surface area contributed by atoms with Crippen LogP contribution in [0.4, 0.5) is 0 Å². The van der Waals surface area contributed by atoms with Crippen molar-refractivity contribution in [3.63, 3.8) is 0 Å². The molecule has 0 amide bonds. The van der Waals surface area contributed by atoms with Gasteiger partial charge in [-0.05, 0) is 13.3 Å². The molecule has 9 heavy (non-hydrogen) atoms. The predicted molar refractivity (Wildman–Crippen MR) is 32.6 cm³/mol. The molecule has 0 spiro atoms. The van der Waals surface area contributed by atoms with Gasteiger partial charge in [0.2, 0.25) is 0 Å². The van der Waals surface area contributed by atoms with Crippen LogP contribution in [-0.4, -0.2) is 5.78 Å². The van der Waals surface area contributed by atoms with Crippen LogP contribution in [0.15, 0.2) is 11.1 Å². The molecule has 0 unspecified atom stereocenters. The van der Waals surface area contributed by atoms with Gasteiger partial charge < -0.3 is 0 Å². The van der Waals surface area contributed by atoms with Gasteiger partial charge in [-0.25, -0.2) is 0 Å². The van der Waals surface area contributed by atoms with Gasteiger partial charge >= 0.3 is 0 Å². The first kappa shape index (κ1) is 6.03. The zero-order chi connectivity index (χ0) is 6.85. The maximum Gasteiger partial charge on any atom is 0.173 e. The largest absolute Gasteiger partial charge is 0.293 e. The maximum absolute atomic E-state index is 10.7. The molecule has 0 heterocycles. The van der Waals surface area contributed by atoms with E-state index in [1.165, 1.54) is 0 Å². The SMILES string of the molecule is CC1=C(C#N)C(=O)CC1. The fourth-order valence-corrected chi connectivity index (χ4v) is 0.947. The molecule has 0 fully saturated rings. The fraction of sp³-hybridized carbons (Fsp3) is 0.429. The van der Waals surface area contributed by atoms with Crippen molar-refractivity contribution < 1.29 is 4.79 Å². The molecule has 0 saturated heterocycles. The number of rotatable bonds is 0. The Morgan fingerprint density at radius 1 is 1.56 bits per heavy atom. The Hall–Kier alpha value is -1.10. The molecular formula is C7H7NO. The van der Waals surface area contributed by atoms with Gasteiger partial charge in [0.05, 0.1) is 5.57 Å². The monoisotopic (exact) mass is 121 g/mol. The lowest BCUT2D eigenvalue weighted by molar-refractivity contribution is -0.114. The minimum absolute atomic E-state index is 0.00926. The minimum atomic E-state index is 0.00926. The molecule has 2 heteroatoms. The molecule has 0 radical (unpaired) electrons. The molecule has 0 N–H and O–H groups in total. The highest BCUT2D eigenvalue weighted by Gasteiger charge is 2.18. The van der Waals surface area contributed by atoms with Gasteiger partial charge in [0, 0.05) is 6.42 Å². The highest BCUT2D eigenvalue weighted by Crippen LogP contribution is 2.20. The van der Waals surface area contributed by atoms with E-state index in [1.54, 1.807) is 0 Å². The predicted octanol–water partition coefficient (Wildman–Crippen LogP) is 1.19. The van der Waals surface area contributed by atoms with Crippen molar-refractivity contribution in [1.29, 1.82) is 5.26 Å². The molecule has 0 atom stereocenters. The number of Topliss-reactive ketones (excluding diaryl/α,β-unsaturated/α-hetero) is 1. The Labute approximate surface area is 53.8 Å². The summed E-state index contributed by atoms with van der Waals surface area (Å²) in [7, 11) is 0. The summed E-state index contributed by atoms with van der Waals surface area (Å²) in [5, 5.41) is 8.38. The van der Waals surface area contributed by atoms with Gasteiger partial charge in [0.15, 0.2) is 5.78 Å². The second-order valence-electron chi connectivity index (χ2n) is 2.19. The van der Waals surface area contributed by atoms with E-state index in [9.17, 15) is 4.79 Å². The summed E-state index contributed by atoms with van der Waals surface area (Å²) in [4.78, 5) is 10.7. The summed E-state index contributed by atoms with van der Waals surface area (Å²) in [6.45, 7) is 1.84. The van der Waals surface area contributed by atoms with Gasteiger partial charge in [-0.1, -0.05) is 5.57 Å². The van der Waals surface area contributed by atoms with E-state index in [0.717, 1.165) is 12.0 Å². The number of hydrogen-bond acceptors (Lipinski definition) is 2. The van der Waals surface area contributed by atoms with Gasteiger partial charge in [-0.3, -0.25) is 4.79 Å². The number of hydrogen-bond donors (Lipinski definition) is 0. The van der Waals surface area contributed by atoms with Crippen molar-refractivity contribution in [3.8, 4) is 6.07 Å². The lowest BCUT2D eigenvalue weighted by Crippen LogP contribution is -1.91. The van der Waals surface area contributed by atoms with Crippen LogP contribution in [0, 0.1) is 11.3 Å². The molecule has 0 aliphatic heterocycles. The molecule has 46 valence electrons. The molecule has 0 bridgehead atoms. The molecule has 0 aromatic heterocycles. The summed E-state index contributed by atoms with van der Waals surface area (Å²) >= 11 is 0. The van der Waals surface area contributed by atoms with Crippen LogP contribution in [0.5, 0.6) is 0 Å². The van der Waals surface area contributed by atoms with Crippen LogP contribution in [0.1, 0.15) is 19.8 Å². The zero-order valence-corrected chi connectivity index (χ0v) is 5.27. The summed E-state index contributed by atoms with van der Waals surface area (Å²) in [6, 6.07) is 1.89. The Kier molecular flexibility index (Phi) is 1.35. The molecule has 2 nitrogen and oxygen atoms in total. The number of ketones is 1. The number of nitriles is 1. The van der Waals surface area contributed by atoms with Crippen LogP contribution in [0.3, 0.4) is 0 Å². The number of nitrogens with zero attached hydrogens (tertiary/aromatic N) is 1. The summed E-state index contributed by atoms with van der Waals surface area (Å²) in [5.41, 5.74) is 1.33. The lowest BCUT2D eigenvalue weighted by Gasteiger charge is -1.83. The van der Waals surface area contributed by atoms with Crippen LogP contribution in [0.25, 0.3) is 0 Å². The van der Waals surface area contributed by atoms with E-state index in [0.29, 0.717) is 12.0 Å². The Morgan fingerprint density at radius 2 is 2.22 bits per heavy atom. The average Bonchev–Trinajstić information content (AvgIpc) is 2.12. The summed E-state index contributed by atoms with van der Waals surface area (Å²) in [5.74, 6) is 0.00926. The molecule has 0 saturated carbocycles. The van der Waals surface area contributed by atoms with Crippen molar-refractivity contribution in [2.45, 2.75) is 19.8 Å². The van der Waals surface area contributed by atoms with Gasteiger partial charge in [0.1, 0.15) is 6.07 Å². The van der Waals surface area contributed by atoms with Gasteiger partial charge in [0.25, 0.3) is 0 Å². The fourth-order valence-electron chi connectivity index (χ4n) is 0.947. The first-order valence-corrected chi connectivity index (χ1v) is 2.88. The van der Waals surface area contributed by atoms with E-state index in [2.05, 4.69) is 0 Å². The van der Waals surface area contributed by atoms with E-state index >= 15 is 0 Å². The minimum Gasteiger partial charge on any atom is -0.293 e. The topological polar surface area (TPSA) is 40.9 Å². The zero-order valence-electron chi connectivity index (χ0n) is 5.27. The quantitative estimate of drug-likeness (QED) is 0.483. The Balaban J connectivity index is 2.99. The van der Waals surface area contributed by atoms with Crippen LogP contribution in [0.2, 0.25) is 0 Å². The van der Waals surface area contributed by atoms with E-state index < -0.39 is 0 Å². The maximum atomic E-state index is 10.7. The molecule has 0 aromatic rings. The second-order valence-corrected chi connectivity index (χ2v) is 2.19. The Morgan fingerprint density at radius 3 is 2.44 bits per heavy atom. The van der Waals surface area contributed by atoms with Crippen molar-refractivity contribution in [1.82, 2.24) is 0 Å². The van der Waals surface area contributed by atoms with Crippen LogP contribution >= 0.6 is 0 Å². The lowest BCUT2D eigenvalue weighted by atomic mass is 10.2. The third-order valence-corrected chi connectivity index (χ3v) is 1.54. The number of allylic oxidation sites excluding steroid dienone is 2. The van der Waals surface area contributed by atoms with Crippen molar-refractivity contribution >= 4 is 5.78 Å². The first-order valence-electron chi connectivity index (χ1n) is 2.88. The van der Waals surface area contributed by atoms with E-state index in [1.807, 2.05) is 13.0 Å². The molecule has 1 aliphatic rings. The van der Waals surface area contributed by atoms with Crippen molar-refractivity contribution in [2.75, 3.05) is 0 Å². The van der Waals surface area contributed by atoms with Crippen LogP contribution < -0.4 is 0 Å². The summed E-state index contributed by atoms with van der Waals surface area (Å²) < 4.78 is 0. The number of carbonyl (C=O) groups excluding carboxylic acids is 1. The van der Waals surface area contributed by atoms with Crippen LogP contribution in [-0.2, 0) is 4.79 Å². The van der Waals surface area contributed by atoms with E-state index in [4.69, 9.17) is 5.26 Å². The molecule has 1 rings (SSSR count). The third kappa shape index (κ3) is 0.857. The summed E-state index contributed by atoms with van der Waals surface area (Å²) in [6.07, 6.45) is 1.32. The smallest absolute Gasteiger partial charge is 0.173 e. The van der Waals surface area contributed by atoms with Gasteiger partial charge in [-0.15, -0.1) is 0 Å². The molecule has 0 aromatic carbocycles.